The fourth-order valence-corrected chi connectivity index (χ4v) is 3.99. The molecule has 5 nitrogen and oxygen atoms in total. The second kappa shape index (κ2) is 8.52. The van der Waals surface area contributed by atoms with Crippen LogP contribution in [0.5, 0.6) is 0 Å². The summed E-state index contributed by atoms with van der Waals surface area (Å²) in [7, 11) is 0. The van der Waals surface area contributed by atoms with Crippen molar-refractivity contribution in [1.82, 2.24) is 19.7 Å². The maximum absolute atomic E-state index is 12.5. The Kier molecular flexibility index (Phi) is 6.68. The van der Waals surface area contributed by atoms with Crippen molar-refractivity contribution in [2.75, 3.05) is 12.3 Å². The fourth-order valence-electron chi connectivity index (χ4n) is 1.94. The second-order valence-electron chi connectivity index (χ2n) is 5.17. The van der Waals surface area contributed by atoms with Crippen LogP contribution in [0, 0.1) is 0 Å². The van der Waals surface area contributed by atoms with Crippen molar-refractivity contribution in [3.8, 4) is 0 Å². The van der Waals surface area contributed by atoms with Gasteiger partial charge >= 0.3 is 0 Å². The molecule has 0 fully saturated rings. The number of hydrogen-bond acceptors (Lipinski definition) is 5. The summed E-state index contributed by atoms with van der Waals surface area (Å²) < 4.78 is 2.68. The molecule has 2 aromatic heterocycles. The summed E-state index contributed by atoms with van der Waals surface area (Å²) in [5.41, 5.74) is 0. The molecule has 0 bridgehead atoms. The predicted molar refractivity (Wildman–Crippen MR) is 96.1 cm³/mol. The summed E-state index contributed by atoms with van der Waals surface area (Å²) >= 11 is 8.84. The van der Waals surface area contributed by atoms with Crippen molar-refractivity contribution < 1.29 is 4.79 Å². The van der Waals surface area contributed by atoms with Gasteiger partial charge in [-0.05, 0) is 26.0 Å². The van der Waals surface area contributed by atoms with Crippen LogP contribution in [0.1, 0.15) is 24.8 Å². The smallest absolute Gasteiger partial charge is 0.233 e. The van der Waals surface area contributed by atoms with Gasteiger partial charge in [0.25, 0.3) is 0 Å². The van der Waals surface area contributed by atoms with Gasteiger partial charge in [-0.15, -0.1) is 28.1 Å². The molecule has 0 spiro atoms. The van der Waals surface area contributed by atoms with E-state index in [0.717, 1.165) is 14.4 Å². The predicted octanol–water partition coefficient (Wildman–Crippen LogP) is 3.88. The highest BCUT2D eigenvalue weighted by Gasteiger charge is 2.16. The third kappa shape index (κ3) is 5.09. The number of carbonyl (C=O) groups excluding carboxylic acids is 1. The monoisotopic (exact) mass is 370 g/mol. The maximum Gasteiger partial charge on any atom is 0.233 e. The van der Waals surface area contributed by atoms with E-state index in [9.17, 15) is 4.79 Å². The van der Waals surface area contributed by atoms with Crippen LogP contribution < -0.4 is 0 Å². The minimum absolute atomic E-state index is 0.0396. The number of rotatable bonds is 8. The second-order valence-corrected chi connectivity index (χ2v) is 7.91. The standard InChI is InChI=1S/C15H19ClN4OS2/c1-4-7-19(8-12-5-6-13(16)23-12)14(21)9-22-15-18-17-10-20(15)11(2)3/h4-6,10-11H,1,7-9H2,2-3H3. The summed E-state index contributed by atoms with van der Waals surface area (Å²) in [6.07, 6.45) is 3.42. The number of aromatic nitrogens is 3. The van der Waals surface area contributed by atoms with Crippen molar-refractivity contribution in [3.63, 3.8) is 0 Å². The number of thioether (sulfide) groups is 1. The molecule has 0 aromatic carbocycles. The lowest BCUT2D eigenvalue weighted by molar-refractivity contribution is -0.128. The molecule has 0 unspecified atom stereocenters. The Hall–Kier alpha value is -1.31. The highest BCUT2D eigenvalue weighted by atomic mass is 35.5. The Morgan fingerprint density at radius 3 is 2.96 bits per heavy atom. The van der Waals surface area contributed by atoms with Gasteiger partial charge in [0.05, 0.1) is 16.6 Å². The molecule has 0 radical (unpaired) electrons. The van der Waals surface area contributed by atoms with E-state index in [4.69, 9.17) is 11.6 Å². The largest absolute Gasteiger partial charge is 0.333 e. The Balaban J connectivity index is 1.97. The first-order chi connectivity index (χ1) is 11.0. The van der Waals surface area contributed by atoms with E-state index in [1.165, 1.54) is 23.1 Å². The topological polar surface area (TPSA) is 51.0 Å². The van der Waals surface area contributed by atoms with E-state index in [2.05, 4.69) is 30.6 Å². The zero-order valence-electron chi connectivity index (χ0n) is 13.1. The van der Waals surface area contributed by atoms with Crippen LogP contribution in [-0.4, -0.2) is 37.9 Å². The zero-order chi connectivity index (χ0) is 16.8. The molecular weight excluding hydrogens is 352 g/mol. The number of halogens is 1. The minimum atomic E-state index is 0.0396. The molecule has 0 aliphatic rings. The third-order valence-electron chi connectivity index (χ3n) is 3.10. The van der Waals surface area contributed by atoms with Gasteiger partial charge in [-0.3, -0.25) is 4.79 Å². The van der Waals surface area contributed by atoms with Crippen LogP contribution in [0.25, 0.3) is 0 Å². The molecule has 1 amide bonds. The van der Waals surface area contributed by atoms with Crippen LogP contribution in [0.4, 0.5) is 0 Å². The molecule has 124 valence electrons. The van der Waals surface area contributed by atoms with Crippen molar-refractivity contribution in [2.45, 2.75) is 31.6 Å². The van der Waals surface area contributed by atoms with Gasteiger partial charge in [0.15, 0.2) is 5.16 Å². The Morgan fingerprint density at radius 2 is 2.35 bits per heavy atom. The number of amides is 1. The molecule has 2 rings (SSSR count). The Morgan fingerprint density at radius 1 is 1.57 bits per heavy atom. The van der Waals surface area contributed by atoms with Crippen molar-refractivity contribution in [1.29, 1.82) is 0 Å². The van der Waals surface area contributed by atoms with Crippen LogP contribution in [0.15, 0.2) is 36.3 Å². The number of thiophene rings is 1. The molecular formula is C15H19ClN4OS2. The van der Waals surface area contributed by atoms with Crippen LogP contribution in [0.2, 0.25) is 4.34 Å². The summed E-state index contributed by atoms with van der Waals surface area (Å²) in [4.78, 5) is 15.3. The van der Waals surface area contributed by atoms with Crippen molar-refractivity contribution in [3.05, 3.63) is 40.3 Å². The molecule has 0 N–H and O–H groups in total. The molecule has 0 aliphatic heterocycles. The quantitative estimate of drug-likeness (QED) is 0.522. The maximum atomic E-state index is 12.5. The van der Waals surface area contributed by atoms with Crippen molar-refractivity contribution in [2.24, 2.45) is 0 Å². The van der Waals surface area contributed by atoms with Gasteiger partial charge in [0.2, 0.25) is 5.91 Å². The van der Waals surface area contributed by atoms with E-state index < -0.39 is 0 Å². The summed E-state index contributed by atoms with van der Waals surface area (Å²) in [5, 5.41) is 8.74. The lowest BCUT2D eigenvalue weighted by atomic mass is 10.4. The lowest BCUT2D eigenvalue weighted by Crippen LogP contribution is -2.31. The Labute approximate surface area is 149 Å². The highest BCUT2D eigenvalue weighted by Crippen LogP contribution is 2.24. The molecule has 0 saturated heterocycles. The lowest BCUT2D eigenvalue weighted by Gasteiger charge is -2.20. The summed E-state index contributed by atoms with van der Waals surface area (Å²) in [6.45, 7) is 8.89. The first-order valence-corrected chi connectivity index (χ1v) is 9.34. The first-order valence-electron chi connectivity index (χ1n) is 7.16. The van der Waals surface area contributed by atoms with E-state index in [-0.39, 0.29) is 11.9 Å². The molecule has 8 heteroatoms. The first kappa shape index (κ1) is 18.0. The zero-order valence-corrected chi connectivity index (χ0v) is 15.5. The van der Waals surface area contributed by atoms with Gasteiger partial charge in [0, 0.05) is 17.5 Å². The van der Waals surface area contributed by atoms with E-state index in [1.54, 1.807) is 17.3 Å². The molecule has 2 heterocycles. The molecule has 0 saturated carbocycles. The van der Waals surface area contributed by atoms with Gasteiger partial charge in [0.1, 0.15) is 6.33 Å². The molecule has 2 aromatic rings. The van der Waals surface area contributed by atoms with Crippen LogP contribution >= 0.6 is 34.7 Å². The SMILES string of the molecule is C=CCN(Cc1ccc(Cl)s1)C(=O)CSc1nncn1C(C)C. The summed E-state index contributed by atoms with van der Waals surface area (Å²) in [5.74, 6) is 0.357. The molecule has 0 atom stereocenters. The summed E-state index contributed by atoms with van der Waals surface area (Å²) in [6, 6.07) is 4.05. The van der Waals surface area contributed by atoms with E-state index in [1.807, 2.05) is 16.7 Å². The normalized spacial score (nSPS) is 11.0. The molecule has 0 aliphatic carbocycles. The van der Waals surface area contributed by atoms with Crippen LogP contribution in [0.3, 0.4) is 0 Å². The highest BCUT2D eigenvalue weighted by molar-refractivity contribution is 7.99. The molecule has 23 heavy (non-hydrogen) atoms. The number of hydrogen-bond donors (Lipinski definition) is 0. The fraction of sp³-hybridized carbons (Fsp3) is 0.400. The number of nitrogens with zero attached hydrogens (tertiary/aromatic N) is 4. The minimum Gasteiger partial charge on any atom is -0.333 e. The third-order valence-corrected chi connectivity index (χ3v) is 5.26. The Bertz CT molecular complexity index is 668. The van der Waals surface area contributed by atoms with E-state index >= 15 is 0 Å². The van der Waals surface area contributed by atoms with Gasteiger partial charge in [-0.2, -0.15) is 0 Å². The average Bonchev–Trinajstić information content (AvgIpc) is 3.13. The van der Waals surface area contributed by atoms with Gasteiger partial charge < -0.3 is 9.47 Å². The van der Waals surface area contributed by atoms with Crippen molar-refractivity contribution >= 4 is 40.6 Å². The number of carbonyl (C=O) groups is 1. The van der Waals surface area contributed by atoms with E-state index in [0.29, 0.717) is 18.8 Å². The van der Waals surface area contributed by atoms with Gasteiger partial charge in [-0.25, -0.2) is 0 Å². The van der Waals surface area contributed by atoms with Crippen LogP contribution in [-0.2, 0) is 11.3 Å². The van der Waals surface area contributed by atoms with Gasteiger partial charge in [-0.1, -0.05) is 29.4 Å². The average molecular weight is 371 g/mol.